The predicted octanol–water partition coefficient (Wildman–Crippen LogP) is 4.16. The molecule has 0 fully saturated rings. The standard InChI is InChI=1S/C17H22BrN3O2S/c1-4-9-21(15-7-5-13(6-8-15)12(2)3)24(22,23)16-10-14(18)11-20-17(16)19/h5-8,10-12H,4,9H2,1-3H3,(H2,19,20). The van der Waals surface area contributed by atoms with Crippen LogP contribution in [-0.4, -0.2) is 19.9 Å². The second-order valence-electron chi connectivity index (χ2n) is 5.86. The summed E-state index contributed by atoms with van der Waals surface area (Å²) in [7, 11) is -3.79. The van der Waals surface area contributed by atoms with Crippen molar-refractivity contribution in [3.63, 3.8) is 0 Å². The Morgan fingerprint density at radius 2 is 1.88 bits per heavy atom. The lowest BCUT2D eigenvalue weighted by molar-refractivity contribution is 0.590. The zero-order valence-electron chi connectivity index (χ0n) is 14.0. The van der Waals surface area contributed by atoms with Crippen LogP contribution in [0.5, 0.6) is 0 Å². The number of benzene rings is 1. The number of halogens is 1. The molecule has 2 rings (SSSR count). The topological polar surface area (TPSA) is 76.3 Å². The predicted molar refractivity (Wildman–Crippen MR) is 102 cm³/mol. The summed E-state index contributed by atoms with van der Waals surface area (Å²) < 4.78 is 28.2. The van der Waals surface area contributed by atoms with Gasteiger partial charge in [-0.25, -0.2) is 13.4 Å². The van der Waals surface area contributed by atoms with Crippen molar-refractivity contribution in [2.24, 2.45) is 0 Å². The number of sulfonamides is 1. The minimum atomic E-state index is -3.79. The second-order valence-corrected chi connectivity index (χ2v) is 8.61. The van der Waals surface area contributed by atoms with Crippen LogP contribution in [0.3, 0.4) is 0 Å². The third-order valence-electron chi connectivity index (χ3n) is 3.69. The molecular formula is C17H22BrN3O2S. The summed E-state index contributed by atoms with van der Waals surface area (Å²) in [4.78, 5) is 3.96. The summed E-state index contributed by atoms with van der Waals surface area (Å²) in [6.45, 7) is 6.51. The van der Waals surface area contributed by atoms with Crippen LogP contribution in [0.1, 0.15) is 38.7 Å². The van der Waals surface area contributed by atoms with Gasteiger partial charge in [-0.3, -0.25) is 4.31 Å². The average molecular weight is 412 g/mol. The van der Waals surface area contributed by atoms with Gasteiger partial charge < -0.3 is 5.73 Å². The highest BCUT2D eigenvalue weighted by atomic mass is 79.9. The summed E-state index contributed by atoms with van der Waals surface area (Å²) >= 11 is 3.26. The van der Waals surface area contributed by atoms with Crippen LogP contribution < -0.4 is 10.0 Å². The normalized spacial score (nSPS) is 11.7. The molecule has 1 aromatic heterocycles. The first-order chi connectivity index (χ1) is 11.3. The monoisotopic (exact) mass is 411 g/mol. The van der Waals surface area contributed by atoms with Crippen molar-refractivity contribution in [2.75, 3.05) is 16.6 Å². The molecule has 0 atom stereocenters. The maximum absolute atomic E-state index is 13.1. The Hall–Kier alpha value is -1.60. The van der Waals surface area contributed by atoms with Crippen LogP contribution in [0.4, 0.5) is 11.5 Å². The zero-order valence-corrected chi connectivity index (χ0v) is 16.4. The molecular weight excluding hydrogens is 390 g/mol. The molecule has 5 nitrogen and oxygen atoms in total. The summed E-state index contributed by atoms with van der Waals surface area (Å²) in [5, 5.41) is 0. The van der Waals surface area contributed by atoms with E-state index in [1.165, 1.54) is 16.6 Å². The van der Waals surface area contributed by atoms with Gasteiger partial charge >= 0.3 is 0 Å². The molecule has 0 saturated carbocycles. The Morgan fingerprint density at radius 1 is 1.25 bits per heavy atom. The molecule has 0 aliphatic rings. The van der Waals surface area contributed by atoms with Gasteiger partial charge in [0, 0.05) is 17.2 Å². The van der Waals surface area contributed by atoms with Gasteiger partial charge in [-0.1, -0.05) is 32.9 Å². The number of nitrogen functional groups attached to an aromatic ring is 1. The fourth-order valence-corrected chi connectivity index (χ4v) is 4.51. The van der Waals surface area contributed by atoms with E-state index in [0.29, 0.717) is 29.0 Å². The molecule has 0 saturated heterocycles. The minimum Gasteiger partial charge on any atom is -0.383 e. The number of rotatable bonds is 6. The van der Waals surface area contributed by atoms with Gasteiger partial charge in [-0.15, -0.1) is 0 Å². The maximum Gasteiger partial charge on any atom is 0.268 e. The van der Waals surface area contributed by atoms with Gasteiger partial charge in [0.2, 0.25) is 0 Å². The van der Waals surface area contributed by atoms with E-state index in [9.17, 15) is 8.42 Å². The lowest BCUT2D eigenvalue weighted by Crippen LogP contribution is -2.32. The number of nitrogens with zero attached hydrogens (tertiary/aromatic N) is 2. The summed E-state index contributed by atoms with van der Waals surface area (Å²) in [5.74, 6) is 0.387. The first-order valence-electron chi connectivity index (χ1n) is 7.81. The fraction of sp³-hybridized carbons (Fsp3) is 0.353. The van der Waals surface area contributed by atoms with E-state index in [2.05, 4.69) is 34.8 Å². The highest BCUT2D eigenvalue weighted by Crippen LogP contribution is 2.29. The highest BCUT2D eigenvalue weighted by Gasteiger charge is 2.27. The molecule has 0 aliphatic carbocycles. The average Bonchev–Trinajstić information content (AvgIpc) is 2.54. The van der Waals surface area contributed by atoms with E-state index < -0.39 is 10.0 Å². The Bertz CT molecular complexity index is 805. The van der Waals surface area contributed by atoms with Crippen molar-refractivity contribution in [2.45, 2.75) is 38.0 Å². The quantitative estimate of drug-likeness (QED) is 0.773. The molecule has 7 heteroatoms. The van der Waals surface area contributed by atoms with Gasteiger partial charge in [0.25, 0.3) is 10.0 Å². The third kappa shape index (κ3) is 3.89. The van der Waals surface area contributed by atoms with Crippen molar-refractivity contribution in [3.05, 3.63) is 46.6 Å². The lowest BCUT2D eigenvalue weighted by Gasteiger charge is -2.25. The molecule has 2 aromatic rings. The molecule has 24 heavy (non-hydrogen) atoms. The van der Waals surface area contributed by atoms with Crippen LogP contribution in [0, 0.1) is 0 Å². The number of hydrogen-bond donors (Lipinski definition) is 1. The van der Waals surface area contributed by atoms with Gasteiger partial charge in [0.1, 0.15) is 10.7 Å². The molecule has 0 bridgehead atoms. The Labute approximate surface area is 152 Å². The first kappa shape index (κ1) is 18.7. The van der Waals surface area contributed by atoms with E-state index in [-0.39, 0.29) is 10.7 Å². The molecule has 0 radical (unpaired) electrons. The number of pyridine rings is 1. The van der Waals surface area contributed by atoms with Gasteiger partial charge in [-0.05, 0) is 52.0 Å². The van der Waals surface area contributed by atoms with Gasteiger partial charge in [-0.2, -0.15) is 0 Å². The molecule has 1 aromatic carbocycles. The van der Waals surface area contributed by atoms with Gasteiger partial charge in [0.05, 0.1) is 5.69 Å². The van der Waals surface area contributed by atoms with Gasteiger partial charge in [0.15, 0.2) is 0 Å². The lowest BCUT2D eigenvalue weighted by atomic mass is 10.0. The van der Waals surface area contributed by atoms with Crippen molar-refractivity contribution >= 4 is 37.5 Å². The smallest absolute Gasteiger partial charge is 0.268 e. The molecule has 0 amide bonds. The molecule has 0 aliphatic heterocycles. The van der Waals surface area contributed by atoms with E-state index in [1.54, 1.807) is 0 Å². The molecule has 2 N–H and O–H groups in total. The molecule has 1 heterocycles. The number of hydrogen-bond acceptors (Lipinski definition) is 4. The van der Waals surface area contributed by atoms with E-state index in [4.69, 9.17) is 5.73 Å². The summed E-state index contributed by atoms with van der Waals surface area (Å²) in [5.41, 5.74) is 7.60. The Balaban J connectivity index is 2.51. The fourth-order valence-electron chi connectivity index (χ4n) is 2.37. The molecule has 130 valence electrons. The number of aromatic nitrogens is 1. The van der Waals surface area contributed by atoms with Crippen LogP contribution >= 0.6 is 15.9 Å². The van der Waals surface area contributed by atoms with Crippen molar-refractivity contribution in [3.8, 4) is 0 Å². The SMILES string of the molecule is CCCN(c1ccc(C(C)C)cc1)S(=O)(=O)c1cc(Br)cnc1N. The van der Waals surface area contributed by atoms with Crippen LogP contribution in [0.25, 0.3) is 0 Å². The van der Waals surface area contributed by atoms with Crippen LogP contribution in [0.15, 0.2) is 45.9 Å². The first-order valence-corrected chi connectivity index (χ1v) is 10.0. The summed E-state index contributed by atoms with van der Waals surface area (Å²) in [6, 6.07) is 9.08. The number of anilines is 2. The zero-order chi connectivity index (χ0) is 17.9. The maximum atomic E-state index is 13.1. The van der Waals surface area contributed by atoms with Crippen LogP contribution in [0.2, 0.25) is 0 Å². The Morgan fingerprint density at radius 3 is 2.42 bits per heavy atom. The van der Waals surface area contributed by atoms with Crippen LogP contribution in [-0.2, 0) is 10.0 Å². The number of nitrogens with two attached hydrogens (primary N) is 1. The molecule has 0 spiro atoms. The van der Waals surface area contributed by atoms with Crippen molar-refractivity contribution < 1.29 is 8.42 Å². The highest BCUT2D eigenvalue weighted by molar-refractivity contribution is 9.10. The second kappa shape index (κ2) is 7.53. The van der Waals surface area contributed by atoms with E-state index in [1.807, 2.05) is 31.2 Å². The van der Waals surface area contributed by atoms with E-state index in [0.717, 1.165) is 5.56 Å². The van der Waals surface area contributed by atoms with E-state index >= 15 is 0 Å². The molecule has 0 unspecified atom stereocenters. The largest absolute Gasteiger partial charge is 0.383 e. The van der Waals surface area contributed by atoms with Crippen molar-refractivity contribution in [1.82, 2.24) is 4.98 Å². The van der Waals surface area contributed by atoms with Crippen molar-refractivity contribution in [1.29, 1.82) is 0 Å². The third-order valence-corrected chi connectivity index (χ3v) is 5.98. The minimum absolute atomic E-state index is 0.00176. The Kier molecular flexibility index (Phi) is 5.87. The summed E-state index contributed by atoms with van der Waals surface area (Å²) in [6.07, 6.45) is 2.17.